The molecule has 0 saturated carbocycles. The molecule has 0 saturated heterocycles. The molecule has 5 nitrogen and oxygen atoms in total. The first-order valence-electron chi connectivity index (χ1n) is 7.80. The summed E-state index contributed by atoms with van der Waals surface area (Å²) in [7, 11) is 0. The van der Waals surface area contributed by atoms with Gasteiger partial charge in [0.2, 0.25) is 0 Å². The fourth-order valence-electron chi connectivity index (χ4n) is 2.38. The molecule has 3 aromatic rings. The lowest BCUT2D eigenvalue weighted by atomic mass is 10.2. The summed E-state index contributed by atoms with van der Waals surface area (Å²) in [6.45, 7) is 1.10. The predicted octanol–water partition coefficient (Wildman–Crippen LogP) is 3.74. The van der Waals surface area contributed by atoms with Crippen molar-refractivity contribution in [2.45, 2.75) is 12.8 Å². The Morgan fingerprint density at radius 1 is 0.917 bits per heavy atom. The Kier molecular flexibility index (Phi) is 5.01. The van der Waals surface area contributed by atoms with Gasteiger partial charge in [-0.1, -0.05) is 24.3 Å². The molecule has 0 aliphatic rings. The Labute approximate surface area is 139 Å². The molecule has 0 spiro atoms. The molecule has 0 unspecified atom stereocenters. The van der Waals surface area contributed by atoms with Crippen molar-refractivity contribution in [1.82, 2.24) is 0 Å². The summed E-state index contributed by atoms with van der Waals surface area (Å²) in [5.41, 5.74) is -0.278. The third-order valence-electron chi connectivity index (χ3n) is 3.52. The Bertz CT molecular complexity index is 855. The largest absolute Gasteiger partial charge is 0.507 e. The molecule has 1 N–H and O–H groups in total. The van der Waals surface area contributed by atoms with Crippen molar-refractivity contribution in [3.8, 4) is 17.2 Å². The maximum Gasteiger partial charge on any atom is 0.339 e. The van der Waals surface area contributed by atoms with Crippen molar-refractivity contribution < 1.29 is 19.0 Å². The molecule has 0 aliphatic heterocycles. The SMILES string of the molecule is O=c1cc(O)c2c(OCCCCOc3ccccc3)cccc2o1. The lowest BCUT2D eigenvalue weighted by Crippen LogP contribution is -2.03. The topological polar surface area (TPSA) is 68.9 Å². The minimum Gasteiger partial charge on any atom is -0.507 e. The normalized spacial score (nSPS) is 10.7. The van der Waals surface area contributed by atoms with Gasteiger partial charge in [-0.15, -0.1) is 0 Å². The molecule has 1 aromatic heterocycles. The van der Waals surface area contributed by atoms with E-state index in [2.05, 4.69) is 0 Å². The number of benzene rings is 2. The molecule has 2 aromatic carbocycles. The van der Waals surface area contributed by atoms with Crippen LogP contribution in [0.15, 0.2) is 63.8 Å². The lowest BCUT2D eigenvalue weighted by Gasteiger charge is -2.10. The van der Waals surface area contributed by atoms with Crippen LogP contribution in [0.25, 0.3) is 11.0 Å². The van der Waals surface area contributed by atoms with Crippen LogP contribution >= 0.6 is 0 Å². The molecule has 5 heteroatoms. The number of para-hydroxylation sites is 1. The number of ether oxygens (including phenoxy) is 2. The van der Waals surface area contributed by atoms with Crippen molar-refractivity contribution in [1.29, 1.82) is 0 Å². The van der Waals surface area contributed by atoms with E-state index >= 15 is 0 Å². The Balaban J connectivity index is 1.52. The van der Waals surface area contributed by atoms with Crippen LogP contribution in [0.3, 0.4) is 0 Å². The number of rotatable bonds is 7. The maximum atomic E-state index is 11.3. The van der Waals surface area contributed by atoms with E-state index in [1.165, 1.54) is 0 Å². The van der Waals surface area contributed by atoms with E-state index in [-0.39, 0.29) is 5.75 Å². The second-order valence-electron chi connectivity index (χ2n) is 5.30. The summed E-state index contributed by atoms with van der Waals surface area (Å²) in [5, 5.41) is 10.4. The monoisotopic (exact) mass is 326 g/mol. The fraction of sp³-hybridized carbons (Fsp3) is 0.211. The first kappa shape index (κ1) is 15.9. The zero-order valence-corrected chi connectivity index (χ0v) is 13.1. The highest BCUT2D eigenvalue weighted by molar-refractivity contribution is 5.89. The van der Waals surface area contributed by atoms with Gasteiger partial charge in [0.15, 0.2) is 0 Å². The second-order valence-corrected chi connectivity index (χ2v) is 5.30. The first-order valence-corrected chi connectivity index (χ1v) is 7.80. The minimum absolute atomic E-state index is 0.135. The zero-order chi connectivity index (χ0) is 16.8. The van der Waals surface area contributed by atoms with Crippen LogP contribution < -0.4 is 15.1 Å². The Morgan fingerprint density at radius 2 is 1.67 bits per heavy atom. The molecule has 1 heterocycles. The summed E-state index contributed by atoms with van der Waals surface area (Å²) < 4.78 is 16.4. The summed E-state index contributed by atoms with van der Waals surface area (Å²) in [4.78, 5) is 11.3. The zero-order valence-electron chi connectivity index (χ0n) is 13.1. The van der Waals surface area contributed by atoms with Crippen molar-refractivity contribution in [2.24, 2.45) is 0 Å². The minimum atomic E-state index is -0.588. The van der Waals surface area contributed by atoms with Crippen LogP contribution in [0.2, 0.25) is 0 Å². The van der Waals surface area contributed by atoms with Crippen LogP contribution in [-0.4, -0.2) is 18.3 Å². The number of unbranched alkanes of at least 4 members (excludes halogenated alkanes) is 1. The van der Waals surface area contributed by atoms with Gasteiger partial charge in [0, 0.05) is 0 Å². The Hall–Kier alpha value is -2.95. The molecule has 0 aliphatic carbocycles. The van der Waals surface area contributed by atoms with Crippen molar-refractivity contribution in [2.75, 3.05) is 13.2 Å². The highest BCUT2D eigenvalue weighted by Gasteiger charge is 2.10. The van der Waals surface area contributed by atoms with Gasteiger partial charge in [0.25, 0.3) is 0 Å². The number of hydrogen-bond donors (Lipinski definition) is 1. The molecule has 0 amide bonds. The van der Waals surface area contributed by atoms with E-state index < -0.39 is 5.63 Å². The molecule has 0 fully saturated rings. The summed E-state index contributed by atoms with van der Waals surface area (Å²) in [6, 6.07) is 15.8. The first-order chi connectivity index (χ1) is 11.7. The van der Waals surface area contributed by atoms with Crippen LogP contribution in [-0.2, 0) is 0 Å². The second kappa shape index (κ2) is 7.55. The molecule has 0 atom stereocenters. The van der Waals surface area contributed by atoms with E-state index in [4.69, 9.17) is 13.9 Å². The molecule has 3 rings (SSSR count). The van der Waals surface area contributed by atoms with Crippen LogP contribution in [0, 0.1) is 0 Å². The molecule has 0 radical (unpaired) electrons. The number of fused-ring (bicyclic) bond motifs is 1. The highest BCUT2D eigenvalue weighted by Crippen LogP contribution is 2.31. The van der Waals surface area contributed by atoms with Gasteiger partial charge >= 0.3 is 5.63 Å². The molecular formula is C19H18O5. The Morgan fingerprint density at radius 3 is 2.46 bits per heavy atom. The van der Waals surface area contributed by atoms with E-state index in [1.54, 1.807) is 18.2 Å². The van der Waals surface area contributed by atoms with Gasteiger partial charge in [0.05, 0.1) is 19.3 Å². The van der Waals surface area contributed by atoms with Crippen LogP contribution in [0.4, 0.5) is 0 Å². The number of hydrogen-bond acceptors (Lipinski definition) is 5. The summed E-state index contributed by atoms with van der Waals surface area (Å²) >= 11 is 0. The quantitative estimate of drug-likeness (QED) is 0.529. The van der Waals surface area contributed by atoms with Gasteiger partial charge in [-0.25, -0.2) is 4.79 Å². The third-order valence-corrected chi connectivity index (χ3v) is 3.52. The standard InChI is InChI=1S/C19H18O5/c20-15-13-18(21)24-17-10-6-9-16(19(15)17)23-12-5-4-11-22-14-7-2-1-3-8-14/h1-3,6-10,13,20H,4-5,11-12H2. The molecular weight excluding hydrogens is 308 g/mol. The van der Waals surface area contributed by atoms with Gasteiger partial charge < -0.3 is 19.0 Å². The molecule has 0 bridgehead atoms. The third kappa shape index (κ3) is 3.87. The van der Waals surface area contributed by atoms with Gasteiger partial charge in [-0.2, -0.15) is 0 Å². The molecule has 24 heavy (non-hydrogen) atoms. The van der Waals surface area contributed by atoms with Crippen LogP contribution in [0.5, 0.6) is 17.2 Å². The lowest BCUT2D eigenvalue weighted by molar-refractivity contribution is 0.267. The van der Waals surface area contributed by atoms with Crippen LogP contribution in [0.1, 0.15) is 12.8 Å². The van der Waals surface area contributed by atoms with Gasteiger partial charge in [-0.05, 0) is 37.1 Å². The van der Waals surface area contributed by atoms with E-state index in [9.17, 15) is 9.90 Å². The van der Waals surface area contributed by atoms with Crippen molar-refractivity contribution >= 4 is 11.0 Å². The molecule has 124 valence electrons. The van der Waals surface area contributed by atoms with E-state index in [1.807, 2.05) is 30.3 Å². The fourth-order valence-corrected chi connectivity index (χ4v) is 2.38. The van der Waals surface area contributed by atoms with Crippen molar-refractivity contribution in [3.05, 3.63) is 65.0 Å². The maximum absolute atomic E-state index is 11.3. The average Bonchev–Trinajstić information content (AvgIpc) is 2.58. The van der Waals surface area contributed by atoms with Gasteiger partial charge in [-0.3, -0.25) is 0 Å². The summed E-state index contributed by atoms with van der Waals surface area (Å²) in [6.07, 6.45) is 1.65. The predicted molar refractivity (Wildman–Crippen MR) is 90.8 cm³/mol. The smallest absolute Gasteiger partial charge is 0.339 e. The number of aromatic hydroxyl groups is 1. The highest BCUT2D eigenvalue weighted by atomic mass is 16.5. The van der Waals surface area contributed by atoms with Gasteiger partial charge in [0.1, 0.15) is 28.2 Å². The van der Waals surface area contributed by atoms with Crippen molar-refractivity contribution in [3.63, 3.8) is 0 Å². The van der Waals surface area contributed by atoms with E-state index in [0.717, 1.165) is 24.7 Å². The average molecular weight is 326 g/mol. The summed E-state index contributed by atoms with van der Waals surface area (Å²) in [5.74, 6) is 1.22. The van der Waals surface area contributed by atoms with E-state index in [0.29, 0.717) is 29.9 Å².